The number of aryl methyl sites for hydroxylation is 2. The Labute approximate surface area is 70.0 Å². The van der Waals surface area contributed by atoms with E-state index in [0.717, 1.165) is 12.1 Å². The van der Waals surface area contributed by atoms with Crippen LogP contribution in [0.3, 0.4) is 0 Å². The lowest BCUT2D eigenvalue weighted by Crippen LogP contribution is -2.01. The Balaban J connectivity index is 2.50. The molecule has 1 aliphatic carbocycles. The van der Waals surface area contributed by atoms with Crippen molar-refractivity contribution in [3.8, 4) is 0 Å². The number of rotatable bonds is 0. The van der Waals surface area contributed by atoms with E-state index in [1.165, 1.54) is 23.9 Å². The average molecular weight is 159 g/mol. The van der Waals surface area contributed by atoms with Gasteiger partial charge in [-0.1, -0.05) is 11.3 Å². The van der Waals surface area contributed by atoms with Gasteiger partial charge in [-0.15, -0.1) is 5.10 Å². The van der Waals surface area contributed by atoms with Crippen LogP contribution in [0.25, 0.3) is 5.52 Å². The van der Waals surface area contributed by atoms with E-state index in [4.69, 9.17) is 0 Å². The van der Waals surface area contributed by atoms with Gasteiger partial charge < -0.3 is 0 Å². The van der Waals surface area contributed by atoms with Crippen molar-refractivity contribution < 1.29 is 0 Å². The van der Waals surface area contributed by atoms with E-state index in [-0.39, 0.29) is 0 Å². The monoisotopic (exact) mass is 159 g/mol. The fraction of sp³-hybridized carbons (Fsp3) is 0.333. The standard InChI is InChI=1S/C9H9N3/c1-3-7-4-2-6-12-9(7)8(5-1)10-11-12/h2,4,6H,1,3,5H2. The van der Waals surface area contributed by atoms with Crippen molar-refractivity contribution in [2.75, 3.05) is 0 Å². The summed E-state index contributed by atoms with van der Waals surface area (Å²) in [6, 6.07) is 4.20. The maximum atomic E-state index is 4.14. The third kappa shape index (κ3) is 0.656. The molecule has 0 saturated heterocycles. The van der Waals surface area contributed by atoms with Gasteiger partial charge in [0.2, 0.25) is 0 Å². The molecular weight excluding hydrogens is 150 g/mol. The van der Waals surface area contributed by atoms with Crippen LogP contribution >= 0.6 is 0 Å². The molecule has 0 N–H and O–H groups in total. The van der Waals surface area contributed by atoms with E-state index in [1.54, 1.807) is 0 Å². The minimum absolute atomic E-state index is 1.08. The Morgan fingerprint density at radius 1 is 1.33 bits per heavy atom. The van der Waals surface area contributed by atoms with Gasteiger partial charge in [0.1, 0.15) is 0 Å². The highest BCUT2D eigenvalue weighted by Gasteiger charge is 2.14. The molecule has 60 valence electrons. The molecule has 3 rings (SSSR count). The van der Waals surface area contributed by atoms with E-state index in [0.29, 0.717) is 0 Å². The molecule has 3 nitrogen and oxygen atoms in total. The summed E-state index contributed by atoms with van der Waals surface area (Å²) in [7, 11) is 0. The van der Waals surface area contributed by atoms with Crippen LogP contribution in [-0.4, -0.2) is 14.8 Å². The predicted molar refractivity (Wildman–Crippen MR) is 45.0 cm³/mol. The predicted octanol–water partition coefficient (Wildman–Crippen LogP) is 1.22. The second-order valence-electron chi connectivity index (χ2n) is 3.22. The van der Waals surface area contributed by atoms with Crippen LogP contribution in [0, 0.1) is 0 Å². The van der Waals surface area contributed by atoms with Crippen LogP contribution in [0.5, 0.6) is 0 Å². The zero-order valence-electron chi connectivity index (χ0n) is 6.70. The number of nitrogens with zero attached hydrogens (tertiary/aromatic N) is 3. The van der Waals surface area contributed by atoms with Gasteiger partial charge in [0.15, 0.2) is 0 Å². The van der Waals surface area contributed by atoms with Gasteiger partial charge in [-0.25, -0.2) is 4.52 Å². The first kappa shape index (κ1) is 6.17. The lowest BCUT2D eigenvalue weighted by atomic mass is 9.99. The largest absolute Gasteiger partial charge is 0.220 e. The van der Waals surface area contributed by atoms with Crippen LogP contribution in [0.2, 0.25) is 0 Å². The summed E-state index contributed by atoms with van der Waals surface area (Å²) in [5, 5.41) is 8.20. The fourth-order valence-electron chi connectivity index (χ4n) is 1.90. The van der Waals surface area contributed by atoms with E-state index in [1.807, 2.05) is 16.8 Å². The molecule has 0 fully saturated rings. The molecular formula is C9H9N3. The van der Waals surface area contributed by atoms with Crippen LogP contribution in [-0.2, 0) is 12.8 Å². The fourth-order valence-corrected chi connectivity index (χ4v) is 1.90. The number of hydrogen-bond acceptors (Lipinski definition) is 2. The van der Waals surface area contributed by atoms with Crippen molar-refractivity contribution in [3.63, 3.8) is 0 Å². The normalized spacial score (nSPS) is 15.3. The SMILES string of the molecule is c1cc2c3c(nnn3c1)CCC2. The number of hydrogen-bond donors (Lipinski definition) is 0. The molecule has 2 heterocycles. The van der Waals surface area contributed by atoms with E-state index < -0.39 is 0 Å². The highest BCUT2D eigenvalue weighted by molar-refractivity contribution is 5.59. The van der Waals surface area contributed by atoms with Crippen LogP contribution < -0.4 is 0 Å². The second kappa shape index (κ2) is 2.06. The number of aromatic nitrogens is 3. The highest BCUT2D eigenvalue weighted by atomic mass is 15.4. The molecule has 0 spiro atoms. The third-order valence-corrected chi connectivity index (χ3v) is 2.45. The molecule has 0 amide bonds. The molecule has 0 bridgehead atoms. The Morgan fingerprint density at radius 3 is 3.33 bits per heavy atom. The molecule has 2 aromatic heterocycles. The lowest BCUT2D eigenvalue weighted by molar-refractivity contribution is 0.781. The van der Waals surface area contributed by atoms with Crippen molar-refractivity contribution in [1.82, 2.24) is 14.8 Å². The molecule has 12 heavy (non-hydrogen) atoms. The minimum Gasteiger partial charge on any atom is -0.220 e. The summed E-state index contributed by atoms with van der Waals surface area (Å²) in [6.45, 7) is 0. The van der Waals surface area contributed by atoms with Crippen molar-refractivity contribution in [2.24, 2.45) is 0 Å². The maximum absolute atomic E-state index is 4.14. The highest BCUT2D eigenvalue weighted by Crippen LogP contribution is 2.22. The van der Waals surface area contributed by atoms with E-state index in [2.05, 4.69) is 16.4 Å². The van der Waals surface area contributed by atoms with Crippen molar-refractivity contribution >= 4 is 5.52 Å². The maximum Gasteiger partial charge on any atom is 0.0928 e. The first-order valence-electron chi connectivity index (χ1n) is 4.27. The van der Waals surface area contributed by atoms with Gasteiger partial charge in [-0.2, -0.15) is 0 Å². The first-order valence-corrected chi connectivity index (χ1v) is 4.27. The molecule has 0 aliphatic heterocycles. The Kier molecular flexibility index (Phi) is 1.06. The third-order valence-electron chi connectivity index (χ3n) is 2.45. The minimum atomic E-state index is 1.08. The summed E-state index contributed by atoms with van der Waals surface area (Å²) < 4.78 is 1.88. The zero-order chi connectivity index (χ0) is 7.97. The quantitative estimate of drug-likeness (QED) is 0.578. The molecule has 0 radical (unpaired) electrons. The summed E-state index contributed by atoms with van der Waals surface area (Å²) in [5.41, 5.74) is 3.80. The van der Waals surface area contributed by atoms with Gasteiger partial charge >= 0.3 is 0 Å². The molecule has 0 aromatic carbocycles. The summed E-state index contributed by atoms with van der Waals surface area (Å²) in [5.74, 6) is 0. The van der Waals surface area contributed by atoms with Crippen LogP contribution in [0.4, 0.5) is 0 Å². The van der Waals surface area contributed by atoms with Crippen LogP contribution in [0.1, 0.15) is 17.7 Å². The Hall–Kier alpha value is -1.38. The topological polar surface area (TPSA) is 30.2 Å². The molecule has 1 aliphatic rings. The molecule has 0 atom stereocenters. The van der Waals surface area contributed by atoms with E-state index in [9.17, 15) is 0 Å². The molecule has 0 unspecified atom stereocenters. The van der Waals surface area contributed by atoms with Crippen LogP contribution in [0.15, 0.2) is 18.3 Å². The van der Waals surface area contributed by atoms with E-state index >= 15 is 0 Å². The van der Waals surface area contributed by atoms with Gasteiger partial charge in [0.05, 0.1) is 11.2 Å². The summed E-state index contributed by atoms with van der Waals surface area (Å²) in [4.78, 5) is 0. The number of pyridine rings is 1. The lowest BCUT2D eigenvalue weighted by Gasteiger charge is -2.09. The first-order chi connectivity index (χ1) is 5.95. The van der Waals surface area contributed by atoms with Crippen molar-refractivity contribution in [1.29, 1.82) is 0 Å². The van der Waals surface area contributed by atoms with Gasteiger partial charge in [-0.3, -0.25) is 0 Å². The van der Waals surface area contributed by atoms with Gasteiger partial charge in [0, 0.05) is 6.20 Å². The molecule has 0 saturated carbocycles. The second-order valence-corrected chi connectivity index (χ2v) is 3.22. The van der Waals surface area contributed by atoms with Gasteiger partial charge in [0.25, 0.3) is 0 Å². The van der Waals surface area contributed by atoms with Crippen molar-refractivity contribution in [2.45, 2.75) is 19.3 Å². The molecule has 2 aromatic rings. The van der Waals surface area contributed by atoms with Gasteiger partial charge in [-0.05, 0) is 30.9 Å². The smallest absolute Gasteiger partial charge is 0.0928 e. The van der Waals surface area contributed by atoms with Crippen molar-refractivity contribution in [3.05, 3.63) is 29.6 Å². The zero-order valence-corrected chi connectivity index (χ0v) is 6.70. The average Bonchev–Trinajstić information content (AvgIpc) is 2.52. The Morgan fingerprint density at radius 2 is 2.33 bits per heavy atom. The Bertz CT molecular complexity index is 430. The molecule has 3 heteroatoms. The summed E-state index contributed by atoms with van der Waals surface area (Å²) >= 11 is 0. The summed E-state index contributed by atoms with van der Waals surface area (Å²) in [6.07, 6.45) is 5.43.